The van der Waals surface area contributed by atoms with Crippen LogP contribution in [-0.4, -0.2) is 22.9 Å². The third kappa shape index (κ3) is 3.70. The molecule has 1 amide bonds. The van der Waals surface area contributed by atoms with Crippen LogP contribution in [0.2, 0.25) is 0 Å². The fourth-order valence-corrected chi connectivity index (χ4v) is 2.75. The van der Waals surface area contributed by atoms with E-state index in [9.17, 15) is 4.79 Å². The molecule has 0 radical (unpaired) electrons. The lowest BCUT2D eigenvalue weighted by Crippen LogP contribution is -2.24. The molecule has 1 aliphatic rings. The maximum absolute atomic E-state index is 12.1. The van der Waals surface area contributed by atoms with E-state index in [1.807, 2.05) is 42.5 Å². The summed E-state index contributed by atoms with van der Waals surface area (Å²) < 4.78 is 17.1. The molecule has 0 bridgehead atoms. The number of nitrogens with one attached hydrogen (secondary N) is 1. The molecule has 2 aromatic carbocycles. The predicted octanol–water partition coefficient (Wildman–Crippen LogP) is 3.09. The third-order valence-electron chi connectivity index (χ3n) is 3.80. The first-order valence-electron chi connectivity index (χ1n) is 7.91. The maximum atomic E-state index is 12.1. The Bertz CT molecular complexity index is 940. The van der Waals surface area contributed by atoms with Gasteiger partial charge in [-0.1, -0.05) is 22.0 Å². The molecular weight excluding hydrogens is 402 g/mol. The number of carbonyl (C=O) groups excluding carboxylic acids is 1. The van der Waals surface area contributed by atoms with Crippen LogP contribution in [0.1, 0.15) is 11.5 Å². The lowest BCUT2D eigenvalue weighted by molar-refractivity contribution is -0.120. The van der Waals surface area contributed by atoms with Crippen molar-refractivity contribution < 1.29 is 18.7 Å². The van der Waals surface area contributed by atoms with Gasteiger partial charge in [-0.05, 0) is 42.0 Å². The number of hydrogen-bond acceptors (Lipinski definition) is 6. The van der Waals surface area contributed by atoms with Gasteiger partial charge in [0.2, 0.25) is 24.5 Å². The van der Waals surface area contributed by atoms with Crippen LogP contribution in [0.25, 0.3) is 11.5 Å². The number of rotatable bonds is 5. The summed E-state index contributed by atoms with van der Waals surface area (Å²) in [5.41, 5.74) is 1.72. The number of nitrogens with zero attached hydrogens (tertiary/aromatic N) is 2. The van der Waals surface area contributed by atoms with Crippen molar-refractivity contribution >= 4 is 21.8 Å². The molecule has 0 unspecified atom stereocenters. The van der Waals surface area contributed by atoms with Gasteiger partial charge in [-0.15, -0.1) is 10.2 Å². The van der Waals surface area contributed by atoms with Gasteiger partial charge in [0.15, 0.2) is 11.5 Å². The van der Waals surface area contributed by atoms with Crippen molar-refractivity contribution in [1.82, 2.24) is 15.5 Å². The smallest absolute Gasteiger partial charge is 0.247 e. The Labute approximate surface area is 157 Å². The van der Waals surface area contributed by atoms with Crippen LogP contribution >= 0.6 is 15.9 Å². The molecule has 1 N–H and O–H groups in total. The Morgan fingerprint density at radius 3 is 2.73 bits per heavy atom. The molecule has 0 atom stereocenters. The summed E-state index contributed by atoms with van der Waals surface area (Å²) in [7, 11) is 0. The summed E-state index contributed by atoms with van der Waals surface area (Å²) in [6.07, 6.45) is 0.0219. The second-order valence-electron chi connectivity index (χ2n) is 5.65. The number of carbonyl (C=O) groups is 1. The highest BCUT2D eigenvalue weighted by Gasteiger charge is 2.15. The largest absolute Gasteiger partial charge is 0.454 e. The second kappa shape index (κ2) is 7.17. The van der Waals surface area contributed by atoms with Crippen molar-refractivity contribution in [3.8, 4) is 23.0 Å². The Hall–Kier alpha value is -2.87. The van der Waals surface area contributed by atoms with Gasteiger partial charge in [0.25, 0.3) is 0 Å². The first-order chi connectivity index (χ1) is 12.7. The fourth-order valence-electron chi connectivity index (χ4n) is 2.49. The molecule has 0 saturated carbocycles. The lowest BCUT2D eigenvalue weighted by Gasteiger charge is -2.05. The molecular formula is C18H14BrN3O4. The SMILES string of the molecule is O=C(Cc1nnc(-c2ccc(Br)cc2)o1)NCc1ccc2c(c1)OCO2. The summed E-state index contributed by atoms with van der Waals surface area (Å²) in [6, 6.07) is 13.1. The quantitative estimate of drug-likeness (QED) is 0.688. The standard InChI is InChI=1S/C18H14BrN3O4/c19-13-4-2-12(3-5-13)18-22-21-17(26-18)8-16(23)20-9-11-1-6-14-15(7-11)25-10-24-14/h1-7H,8-10H2,(H,20,23). The zero-order valence-corrected chi connectivity index (χ0v) is 15.2. The predicted molar refractivity (Wildman–Crippen MR) is 95.5 cm³/mol. The van der Waals surface area contributed by atoms with Crippen molar-refractivity contribution in [3.63, 3.8) is 0 Å². The number of aromatic nitrogens is 2. The number of halogens is 1. The van der Waals surface area contributed by atoms with Gasteiger partial charge in [-0.25, -0.2) is 0 Å². The highest BCUT2D eigenvalue weighted by molar-refractivity contribution is 9.10. The van der Waals surface area contributed by atoms with Gasteiger partial charge in [-0.2, -0.15) is 0 Å². The molecule has 7 nitrogen and oxygen atoms in total. The topological polar surface area (TPSA) is 86.5 Å². The van der Waals surface area contributed by atoms with Gasteiger partial charge in [0.1, 0.15) is 6.42 Å². The van der Waals surface area contributed by atoms with Crippen LogP contribution in [0.3, 0.4) is 0 Å². The van der Waals surface area contributed by atoms with Gasteiger partial charge in [0, 0.05) is 16.6 Å². The van der Waals surface area contributed by atoms with Gasteiger partial charge >= 0.3 is 0 Å². The number of amides is 1. The van der Waals surface area contributed by atoms with Crippen molar-refractivity contribution in [2.45, 2.75) is 13.0 Å². The molecule has 0 fully saturated rings. The summed E-state index contributed by atoms with van der Waals surface area (Å²) in [4.78, 5) is 12.1. The van der Waals surface area contributed by atoms with Crippen molar-refractivity contribution in [2.75, 3.05) is 6.79 Å². The number of fused-ring (bicyclic) bond motifs is 1. The van der Waals surface area contributed by atoms with E-state index in [2.05, 4.69) is 31.4 Å². The molecule has 0 spiro atoms. The van der Waals surface area contributed by atoms with Crippen molar-refractivity contribution in [2.24, 2.45) is 0 Å². The third-order valence-corrected chi connectivity index (χ3v) is 4.33. The highest BCUT2D eigenvalue weighted by Crippen LogP contribution is 2.32. The molecule has 1 aliphatic heterocycles. The van der Waals surface area contributed by atoms with Gasteiger partial charge < -0.3 is 19.2 Å². The molecule has 4 rings (SSSR count). The van der Waals surface area contributed by atoms with Crippen molar-refractivity contribution in [1.29, 1.82) is 0 Å². The summed E-state index contributed by atoms with van der Waals surface area (Å²) in [5, 5.41) is 10.7. The molecule has 8 heteroatoms. The minimum absolute atomic E-state index is 0.0219. The van der Waals surface area contributed by atoms with Crippen molar-refractivity contribution in [3.05, 3.63) is 58.4 Å². The normalized spacial score (nSPS) is 12.2. The molecule has 3 aromatic rings. The Kier molecular flexibility index (Phi) is 4.57. The van der Waals surface area contributed by atoms with E-state index in [0.717, 1.165) is 15.6 Å². The van der Waals surface area contributed by atoms with E-state index >= 15 is 0 Å². The van der Waals surface area contributed by atoms with Crippen LogP contribution in [0, 0.1) is 0 Å². The average molecular weight is 416 g/mol. The molecule has 0 saturated heterocycles. The van der Waals surface area contributed by atoms with E-state index < -0.39 is 0 Å². The Morgan fingerprint density at radius 2 is 1.88 bits per heavy atom. The Balaban J connectivity index is 1.34. The number of hydrogen-bond donors (Lipinski definition) is 1. The van der Waals surface area contributed by atoms with Crippen LogP contribution in [0.5, 0.6) is 11.5 Å². The molecule has 26 heavy (non-hydrogen) atoms. The number of benzene rings is 2. The first-order valence-corrected chi connectivity index (χ1v) is 8.70. The number of ether oxygens (including phenoxy) is 2. The molecule has 132 valence electrons. The van der Waals surface area contributed by atoms with Crippen LogP contribution in [-0.2, 0) is 17.8 Å². The Morgan fingerprint density at radius 1 is 1.08 bits per heavy atom. The zero-order chi connectivity index (χ0) is 17.9. The van der Waals surface area contributed by atoms with Crippen LogP contribution in [0.15, 0.2) is 51.4 Å². The summed E-state index contributed by atoms with van der Waals surface area (Å²) >= 11 is 3.37. The van der Waals surface area contributed by atoms with E-state index in [1.165, 1.54) is 0 Å². The van der Waals surface area contributed by atoms with Crippen LogP contribution in [0.4, 0.5) is 0 Å². The average Bonchev–Trinajstić information content (AvgIpc) is 3.29. The molecule has 0 aliphatic carbocycles. The van der Waals surface area contributed by atoms with Gasteiger partial charge in [-0.3, -0.25) is 4.79 Å². The first kappa shape index (κ1) is 16.6. The maximum Gasteiger partial charge on any atom is 0.247 e. The van der Waals surface area contributed by atoms with E-state index in [0.29, 0.717) is 23.9 Å². The fraction of sp³-hybridized carbons (Fsp3) is 0.167. The van der Waals surface area contributed by atoms with Crippen LogP contribution < -0.4 is 14.8 Å². The zero-order valence-electron chi connectivity index (χ0n) is 13.6. The van der Waals surface area contributed by atoms with E-state index in [4.69, 9.17) is 13.9 Å². The highest BCUT2D eigenvalue weighted by atomic mass is 79.9. The summed E-state index contributed by atoms with van der Waals surface area (Å²) in [6.45, 7) is 0.603. The minimum atomic E-state index is -0.200. The minimum Gasteiger partial charge on any atom is -0.454 e. The summed E-state index contributed by atoms with van der Waals surface area (Å²) in [5.74, 6) is 1.86. The van der Waals surface area contributed by atoms with E-state index in [-0.39, 0.29) is 25.0 Å². The molecule has 1 aromatic heterocycles. The van der Waals surface area contributed by atoms with E-state index in [1.54, 1.807) is 0 Å². The molecule has 2 heterocycles. The monoisotopic (exact) mass is 415 g/mol. The lowest BCUT2D eigenvalue weighted by atomic mass is 10.2. The van der Waals surface area contributed by atoms with Gasteiger partial charge in [0.05, 0.1) is 0 Å². The second-order valence-corrected chi connectivity index (χ2v) is 6.56.